The van der Waals surface area contributed by atoms with Crippen LogP contribution in [-0.4, -0.2) is 30.3 Å². The number of fused-ring (bicyclic) bond motifs is 1. The third-order valence-electron chi connectivity index (χ3n) is 3.13. The highest BCUT2D eigenvalue weighted by molar-refractivity contribution is 5.95. The van der Waals surface area contributed by atoms with Gasteiger partial charge in [-0.2, -0.15) is 0 Å². The van der Waals surface area contributed by atoms with Gasteiger partial charge in [0.25, 0.3) is 0 Å². The third-order valence-corrected chi connectivity index (χ3v) is 3.13. The van der Waals surface area contributed by atoms with Crippen LogP contribution in [-0.2, 0) is 0 Å². The Kier molecular flexibility index (Phi) is 3.79. The largest absolute Gasteiger partial charge is 0.493 e. The van der Waals surface area contributed by atoms with Gasteiger partial charge in [0.15, 0.2) is 11.5 Å². The molecule has 0 bridgehead atoms. The lowest BCUT2D eigenvalue weighted by molar-refractivity contribution is 0.0690. The first-order chi connectivity index (χ1) is 9.47. The zero-order chi connectivity index (χ0) is 14.9. The number of pyridine rings is 1. The quantitative estimate of drug-likeness (QED) is 0.928. The lowest BCUT2D eigenvalue weighted by Gasteiger charge is -2.14. The first-order valence-corrected chi connectivity index (χ1v) is 6.28. The molecule has 0 atom stereocenters. The predicted molar refractivity (Wildman–Crippen MR) is 75.9 cm³/mol. The minimum Gasteiger partial charge on any atom is -0.493 e. The molecule has 1 aromatic heterocycles. The Hall–Kier alpha value is -2.30. The molecule has 1 aromatic carbocycles. The van der Waals surface area contributed by atoms with Crippen molar-refractivity contribution in [2.75, 3.05) is 14.2 Å². The van der Waals surface area contributed by atoms with E-state index in [4.69, 9.17) is 14.6 Å². The van der Waals surface area contributed by atoms with Gasteiger partial charge in [-0.05, 0) is 29.5 Å². The highest BCUT2D eigenvalue weighted by Crippen LogP contribution is 2.35. The van der Waals surface area contributed by atoms with Gasteiger partial charge in [0, 0.05) is 5.39 Å². The van der Waals surface area contributed by atoms with Crippen molar-refractivity contribution in [1.82, 2.24) is 4.98 Å². The summed E-state index contributed by atoms with van der Waals surface area (Å²) in [7, 11) is 3.12. The van der Waals surface area contributed by atoms with E-state index in [-0.39, 0.29) is 11.6 Å². The second-order valence-corrected chi connectivity index (χ2v) is 4.78. The lowest BCUT2D eigenvalue weighted by atomic mass is 10.0. The maximum Gasteiger partial charge on any atom is 0.354 e. The molecule has 2 rings (SSSR count). The number of carboxylic acids is 1. The molecule has 0 saturated heterocycles. The molecular weight excluding hydrogens is 258 g/mol. The fourth-order valence-corrected chi connectivity index (χ4v) is 2.16. The van der Waals surface area contributed by atoms with E-state index >= 15 is 0 Å². The first kappa shape index (κ1) is 14.1. The second kappa shape index (κ2) is 5.36. The SMILES string of the molecule is COc1cc2cc(C(=O)O)nc(C(C)C)c2cc1OC. The van der Waals surface area contributed by atoms with Crippen molar-refractivity contribution in [3.05, 3.63) is 29.6 Å². The predicted octanol–water partition coefficient (Wildman–Crippen LogP) is 3.07. The van der Waals surface area contributed by atoms with Crippen LogP contribution in [0.5, 0.6) is 11.5 Å². The summed E-state index contributed by atoms with van der Waals surface area (Å²) in [5.74, 6) is 0.238. The smallest absolute Gasteiger partial charge is 0.354 e. The molecule has 2 aromatic rings. The molecule has 0 radical (unpaired) electrons. The van der Waals surface area contributed by atoms with Crippen molar-refractivity contribution in [3.63, 3.8) is 0 Å². The van der Waals surface area contributed by atoms with Gasteiger partial charge in [0.2, 0.25) is 0 Å². The molecule has 0 fully saturated rings. The van der Waals surface area contributed by atoms with Gasteiger partial charge in [-0.15, -0.1) is 0 Å². The zero-order valence-corrected chi connectivity index (χ0v) is 11.9. The normalized spacial score (nSPS) is 10.8. The van der Waals surface area contributed by atoms with Gasteiger partial charge in [0.05, 0.1) is 19.9 Å². The summed E-state index contributed by atoms with van der Waals surface area (Å²) >= 11 is 0. The van der Waals surface area contributed by atoms with E-state index in [0.717, 1.165) is 16.5 Å². The molecule has 106 valence electrons. The van der Waals surface area contributed by atoms with E-state index in [1.165, 1.54) is 0 Å². The molecule has 20 heavy (non-hydrogen) atoms. The molecule has 0 unspecified atom stereocenters. The van der Waals surface area contributed by atoms with Crippen molar-refractivity contribution >= 4 is 16.7 Å². The Labute approximate surface area is 117 Å². The number of aromatic carboxylic acids is 1. The summed E-state index contributed by atoms with van der Waals surface area (Å²) in [5.41, 5.74) is 0.772. The molecular formula is C15H17NO4. The number of nitrogens with zero attached hydrogens (tertiary/aromatic N) is 1. The number of aromatic nitrogens is 1. The minimum absolute atomic E-state index is 0.0356. The third kappa shape index (κ3) is 2.39. The van der Waals surface area contributed by atoms with Crippen LogP contribution in [0.2, 0.25) is 0 Å². The van der Waals surface area contributed by atoms with Gasteiger partial charge < -0.3 is 14.6 Å². The van der Waals surface area contributed by atoms with Gasteiger partial charge in [-0.25, -0.2) is 9.78 Å². The van der Waals surface area contributed by atoms with Crippen molar-refractivity contribution < 1.29 is 19.4 Å². The summed E-state index contributed by atoms with van der Waals surface area (Å²) in [6.07, 6.45) is 0. The van der Waals surface area contributed by atoms with Gasteiger partial charge >= 0.3 is 5.97 Å². The molecule has 0 aliphatic carbocycles. The number of benzene rings is 1. The molecule has 5 heteroatoms. The van der Waals surface area contributed by atoms with Crippen LogP contribution >= 0.6 is 0 Å². The van der Waals surface area contributed by atoms with E-state index < -0.39 is 5.97 Å². The number of methoxy groups -OCH3 is 2. The van der Waals surface area contributed by atoms with Crippen LogP contribution in [0.25, 0.3) is 10.8 Å². The Bertz CT molecular complexity index is 664. The first-order valence-electron chi connectivity index (χ1n) is 6.28. The molecule has 0 amide bonds. The standard InChI is InChI=1S/C15H17NO4/c1-8(2)14-10-7-13(20-4)12(19-3)6-9(10)5-11(16-14)15(17)18/h5-8H,1-4H3,(H,17,18). The van der Waals surface area contributed by atoms with Gasteiger partial charge in [-0.1, -0.05) is 13.8 Å². The van der Waals surface area contributed by atoms with E-state index in [1.807, 2.05) is 19.9 Å². The van der Waals surface area contributed by atoms with Crippen molar-refractivity contribution in [1.29, 1.82) is 0 Å². The lowest BCUT2D eigenvalue weighted by Crippen LogP contribution is -2.05. The average molecular weight is 275 g/mol. The fourth-order valence-electron chi connectivity index (χ4n) is 2.16. The Morgan fingerprint density at radius 3 is 2.25 bits per heavy atom. The maximum atomic E-state index is 11.2. The Balaban J connectivity index is 2.82. The van der Waals surface area contributed by atoms with Crippen LogP contribution in [0.1, 0.15) is 35.9 Å². The average Bonchev–Trinajstić information content (AvgIpc) is 2.43. The minimum atomic E-state index is -1.04. The van der Waals surface area contributed by atoms with Crippen LogP contribution in [0, 0.1) is 0 Å². The van der Waals surface area contributed by atoms with Gasteiger partial charge in [-0.3, -0.25) is 0 Å². The van der Waals surface area contributed by atoms with E-state index in [2.05, 4.69) is 4.98 Å². The number of hydrogen-bond donors (Lipinski definition) is 1. The van der Waals surface area contributed by atoms with Crippen LogP contribution in [0.4, 0.5) is 0 Å². The highest BCUT2D eigenvalue weighted by atomic mass is 16.5. The summed E-state index contributed by atoms with van der Waals surface area (Å²) in [6.45, 7) is 3.95. The number of carboxylic acid groups (broad SMARTS) is 1. The molecule has 1 N–H and O–H groups in total. The Morgan fingerprint density at radius 1 is 1.15 bits per heavy atom. The molecule has 0 spiro atoms. The maximum absolute atomic E-state index is 11.2. The number of hydrogen-bond acceptors (Lipinski definition) is 4. The summed E-state index contributed by atoms with van der Waals surface area (Å²) in [4.78, 5) is 15.4. The zero-order valence-electron chi connectivity index (χ0n) is 11.9. The summed E-state index contributed by atoms with van der Waals surface area (Å²) in [5, 5.41) is 10.8. The summed E-state index contributed by atoms with van der Waals surface area (Å²) in [6, 6.07) is 5.15. The van der Waals surface area contributed by atoms with Gasteiger partial charge in [0.1, 0.15) is 5.69 Å². The van der Waals surface area contributed by atoms with E-state index in [0.29, 0.717) is 11.5 Å². The fraction of sp³-hybridized carbons (Fsp3) is 0.333. The van der Waals surface area contributed by atoms with E-state index in [9.17, 15) is 4.79 Å². The Morgan fingerprint density at radius 2 is 1.75 bits per heavy atom. The topological polar surface area (TPSA) is 68.7 Å². The monoisotopic (exact) mass is 275 g/mol. The number of ether oxygens (including phenoxy) is 2. The number of rotatable bonds is 4. The van der Waals surface area contributed by atoms with Crippen LogP contribution < -0.4 is 9.47 Å². The molecule has 0 saturated carbocycles. The highest BCUT2D eigenvalue weighted by Gasteiger charge is 2.16. The van der Waals surface area contributed by atoms with Crippen molar-refractivity contribution in [2.24, 2.45) is 0 Å². The van der Waals surface area contributed by atoms with Crippen molar-refractivity contribution in [3.8, 4) is 11.5 Å². The molecule has 0 aliphatic rings. The van der Waals surface area contributed by atoms with Crippen molar-refractivity contribution in [2.45, 2.75) is 19.8 Å². The molecule has 1 heterocycles. The summed E-state index contributed by atoms with van der Waals surface area (Å²) < 4.78 is 10.5. The number of carbonyl (C=O) groups is 1. The molecule has 5 nitrogen and oxygen atoms in total. The van der Waals surface area contributed by atoms with Crippen LogP contribution in [0.3, 0.4) is 0 Å². The molecule has 0 aliphatic heterocycles. The van der Waals surface area contributed by atoms with Crippen LogP contribution in [0.15, 0.2) is 18.2 Å². The second-order valence-electron chi connectivity index (χ2n) is 4.78. The van der Waals surface area contributed by atoms with E-state index in [1.54, 1.807) is 26.4 Å².